The Hall–Kier alpha value is -3.43. The summed E-state index contributed by atoms with van der Waals surface area (Å²) in [7, 11) is -3.93. The molecule has 0 saturated carbocycles. The van der Waals surface area contributed by atoms with Crippen LogP contribution < -0.4 is 9.62 Å². The van der Waals surface area contributed by atoms with Gasteiger partial charge in [0, 0.05) is 24.0 Å². The topological polar surface area (TPSA) is 86.8 Å². The van der Waals surface area contributed by atoms with Crippen LogP contribution >= 0.6 is 11.6 Å². The predicted molar refractivity (Wildman–Crippen MR) is 152 cm³/mol. The SMILES string of the molecule is CC[C@H](C)NC(=O)[C@H](Cc1ccccc1)N(Cc1ccccc1Cl)C(=O)CN(c1ccc(F)cc1)S(C)(=O)=O. The molecule has 208 valence electrons. The first-order valence-corrected chi connectivity index (χ1v) is 14.8. The van der Waals surface area contributed by atoms with E-state index in [1.54, 1.807) is 24.3 Å². The summed E-state index contributed by atoms with van der Waals surface area (Å²) in [6, 6.07) is 20.0. The van der Waals surface area contributed by atoms with E-state index in [4.69, 9.17) is 11.6 Å². The molecule has 0 bridgehead atoms. The van der Waals surface area contributed by atoms with Crippen LogP contribution in [0.5, 0.6) is 0 Å². The second-order valence-electron chi connectivity index (χ2n) is 9.38. The first-order valence-electron chi connectivity index (χ1n) is 12.6. The second-order valence-corrected chi connectivity index (χ2v) is 11.7. The standard InChI is InChI=1S/C29H33ClFN3O4S/c1-4-21(2)32-29(36)27(18-22-10-6-5-7-11-22)33(19-23-12-8-9-13-26(23)30)28(35)20-34(39(3,37)38)25-16-14-24(31)15-17-25/h5-17,21,27H,4,18-20H2,1-3H3,(H,32,36)/t21-,27-/m0/s1. The summed E-state index contributed by atoms with van der Waals surface area (Å²) in [5, 5.41) is 3.38. The Morgan fingerprint density at radius 1 is 0.974 bits per heavy atom. The number of carbonyl (C=O) groups excluding carboxylic acids is 2. The first-order chi connectivity index (χ1) is 18.5. The molecule has 1 N–H and O–H groups in total. The van der Waals surface area contributed by atoms with Crippen LogP contribution in [0.1, 0.15) is 31.4 Å². The highest BCUT2D eigenvalue weighted by atomic mass is 35.5. The average molecular weight is 574 g/mol. The largest absolute Gasteiger partial charge is 0.352 e. The van der Waals surface area contributed by atoms with Gasteiger partial charge in [-0.15, -0.1) is 0 Å². The van der Waals surface area contributed by atoms with Crippen molar-refractivity contribution in [3.05, 3.63) is 101 Å². The Kier molecular flexibility index (Phi) is 10.5. The fourth-order valence-electron chi connectivity index (χ4n) is 4.03. The van der Waals surface area contributed by atoms with Gasteiger partial charge in [0.1, 0.15) is 18.4 Å². The molecule has 3 rings (SSSR count). The lowest BCUT2D eigenvalue weighted by Gasteiger charge is -2.34. The highest BCUT2D eigenvalue weighted by molar-refractivity contribution is 7.92. The number of sulfonamides is 1. The van der Waals surface area contributed by atoms with Crippen LogP contribution in [-0.2, 0) is 32.6 Å². The van der Waals surface area contributed by atoms with Gasteiger partial charge >= 0.3 is 0 Å². The van der Waals surface area contributed by atoms with E-state index < -0.39 is 34.3 Å². The average Bonchev–Trinajstić information content (AvgIpc) is 2.90. The van der Waals surface area contributed by atoms with E-state index in [-0.39, 0.29) is 30.6 Å². The van der Waals surface area contributed by atoms with Crippen molar-refractivity contribution in [3.63, 3.8) is 0 Å². The molecule has 0 heterocycles. The molecule has 0 fully saturated rings. The van der Waals surface area contributed by atoms with E-state index in [2.05, 4.69) is 5.32 Å². The van der Waals surface area contributed by atoms with Crippen LogP contribution in [0.2, 0.25) is 5.02 Å². The lowest BCUT2D eigenvalue weighted by molar-refractivity contribution is -0.140. The number of benzene rings is 3. The summed E-state index contributed by atoms with van der Waals surface area (Å²) in [6.07, 6.45) is 1.86. The number of nitrogens with zero attached hydrogens (tertiary/aromatic N) is 2. The summed E-state index contributed by atoms with van der Waals surface area (Å²) in [4.78, 5) is 29.0. The van der Waals surface area contributed by atoms with Crippen molar-refractivity contribution >= 4 is 39.1 Å². The molecule has 2 atom stereocenters. The Bertz CT molecular complexity index is 1370. The van der Waals surface area contributed by atoms with Crippen LogP contribution in [0, 0.1) is 5.82 Å². The molecule has 7 nitrogen and oxygen atoms in total. The molecule has 3 aromatic rings. The van der Waals surface area contributed by atoms with Gasteiger partial charge in [0.2, 0.25) is 21.8 Å². The quantitative estimate of drug-likeness (QED) is 0.337. The Balaban J connectivity index is 2.06. The molecule has 10 heteroatoms. The van der Waals surface area contributed by atoms with E-state index in [1.807, 2.05) is 44.2 Å². The van der Waals surface area contributed by atoms with Crippen molar-refractivity contribution in [2.45, 2.75) is 45.3 Å². The van der Waals surface area contributed by atoms with Crippen molar-refractivity contribution < 1.29 is 22.4 Å². The fourth-order valence-corrected chi connectivity index (χ4v) is 5.07. The zero-order chi connectivity index (χ0) is 28.6. The van der Waals surface area contributed by atoms with E-state index in [1.165, 1.54) is 17.0 Å². The zero-order valence-corrected chi connectivity index (χ0v) is 23.8. The van der Waals surface area contributed by atoms with E-state index >= 15 is 0 Å². The molecule has 0 spiro atoms. The van der Waals surface area contributed by atoms with Gasteiger partial charge in [-0.3, -0.25) is 13.9 Å². The molecular weight excluding hydrogens is 541 g/mol. The number of carbonyl (C=O) groups is 2. The molecule has 0 saturated heterocycles. The number of hydrogen-bond donors (Lipinski definition) is 1. The molecule has 39 heavy (non-hydrogen) atoms. The summed E-state index contributed by atoms with van der Waals surface area (Å²) >= 11 is 6.43. The molecule has 0 aliphatic rings. The third-order valence-corrected chi connectivity index (χ3v) is 7.87. The van der Waals surface area contributed by atoms with Gasteiger partial charge in [-0.25, -0.2) is 12.8 Å². The maximum absolute atomic E-state index is 14.0. The normalized spacial score (nSPS) is 12.8. The minimum absolute atomic E-state index is 0.0229. The zero-order valence-electron chi connectivity index (χ0n) is 22.2. The van der Waals surface area contributed by atoms with Gasteiger partial charge in [-0.2, -0.15) is 0 Å². The van der Waals surface area contributed by atoms with Crippen LogP contribution in [0.15, 0.2) is 78.9 Å². The van der Waals surface area contributed by atoms with Gasteiger partial charge in [0.25, 0.3) is 0 Å². The maximum Gasteiger partial charge on any atom is 0.244 e. The Labute approximate surface area is 234 Å². The minimum Gasteiger partial charge on any atom is -0.352 e. The molecule has 0 aliphatic heterocycles. The molecule has 0 radical (unpaired) electrons. The summed E-state index contributed by atoms with van der Waals surface area (Å²) in [5.41, 5.74) is 1.57. The minimum atomic E-state index is -3.93. The van der Waals surface area contributed by atoms with E-state index in [0.717, 1.165) is 28.3 Å². The monoisotopic (exact) mass is 573 g/mol. The molecule has 0 unspecified atom stereocenters. The van der Waals surface area contributed by atoms with E-state index in [0.29, 0.717) is 17.0 Å². The third-order valence-electron chi connectivity index (χ3n) is 6.36. The lowest BCUT2D eigenvalue weighted by Crippen LogP contribution is -2.54. The first kappa shape index (κ1) is 30.1. The van der Waals surface area contributed by atoms with Crippen molar-refractivity contribution in [2.75, 3.05) is 17.1 Å². The van der Waals surface area contributed by atoms with Gasteiger partial charge in [0.05, 0.1) is 11.9 Å². The molecule has 0 aromatic heterocycles. The van der Waals surface area contributed by atoms with Crippen molar-refractivity contribution in [1.29, 1.82) is 0 Å². The summed E-state index contributed by atoms with van der Waals surface area (Å²) in [6.45, 7) is 3.20. The number of rotatable bonds is 12. The van der Waals surface area contributed by atoms with Crippen LogP contribution in [0.25, 0.3) is 0 Å². The van der Waals surface area contributed by atoms with E-state index in [9.17, 15) is 22.4 Å². The highest BCUT2D eigenvalue weighted by Crippen LogP contribution is 2.23. The van der Waals surface area contributed by atoms with Gasteiger partial charge in [-0.1, -0.05) is 67.1 Å². The van der Waals surface area contributed by atoms with Gasteiger partial charge in [0.15, 0.2) is 0 Å². The molecular formula is C29H33ClFN3O4S. The lowest BCUT2D eigenvalue weighted by atomic mass is 10.0. The Morgan fingerprint density at radius 3 is 2.18 bits per heavy atom. The van der Waals surface area contributed by atoms with Crippen molar-refractivity contribution in [1.82, 2.24) is 10.2 Å². The van der Waals surface area contributed by atoms with Crippen LogP contribution in [0.4, 0.5) is 10.1 Å². The fraction of sp³-hybridized carbons (Fsp3) is 0.310. The number of anilines is 1. The van der Waals surface area contributed by atoms with Crippen LogP contribution in [-0.4, -0.2) is 50.0 Å². The third kappa shape index (κ3) is 8.53. The van der Waals surface area contributed by atoms with Gasteiger partial charge < -0.3 is 10.2 Å². The number of nitrogens with one attached hydrogen (secondary N) is 1. The van der Waals surface area contributed by atoms with Gasteiger partial charge in [-0.05, 0) is 54.8 Å². The Morgan fingerprint density at radius 2 is 1.59 bits per heavy atom. The van der Waals surface area contributed by atoms with Crippen molar-refractivity contribution in [3.8, 4) is 0 Å². The highest BCUT2D eigenvalue weighted by Gasteiger charge is 2.33. The van der Waals surface area contributed by atoms with Crippen LogP contribution in [0.3, 0.4) is 0 Å². The number of halogens is 2. The number of amides is 2. The predicted octanol–water partition coefficient (Wildman–Crippen LogP) is 4.80. The smallest absolute Gasteiger partial charge is 0.244 e. The summed E-state index contributed by atoms with van der Waals surface area (Å²) in [5.74, 6) is -1.50. The summed E-state index contributed by atoms with van der Waals surface area (Å²) < 4.78 is 39.9. The molecule has 2 amide bonds. The number of hydrogen-bond acceptors (Lipinski definition) is 4. The van der Waals surface area contributed by atoms with Crippen molar-refractivity contribution in [2.24, 2.45) is 0 Å². The molecule has 3 aromatic carbocycles. The molecule has 0 aliphatic carbocycles. The second kappa shape index (κ2) is 13.6. The maximum atomic E-state index is 14.0.